The van der Waals surface area contributed by atoms with Gasteiger partial charge in [0.1, 0.15) is 17.6 Å². The molecule has 0 radical (unpaired) electrons. The summed E-state index contributed by atoms with van der Waals surface area (Å²) in [4.78, 5) is 4.11. The third-order valence-corrected chi connectivity index (χ3v) is 2.07. The minimum Gasteiger partial charge on any atom is -0.382 e. The molecular formula is C12H17N3O2. The van der Waals surface area contributed by atoms with Crippen LogP contribution < -0.4 is 5.32 Å². The summed E-state index contributed by atoms with van der Waals surface area (Å²) in [5.41, 5.74) is 0.423. The number of aromatic nitrogens is 1. The topological polar surface area (TPSA) is 67.2 Å². The lowest BCUT2D eigenvalue weighted by atomic mass is 10.3. The van der Waals surface area contributed by atoms with Crippen molar-refractivity contribution < 1.29 is 9.47 Å². The molecule has 0 spiro atoms. The molecule has 0 unspecified atom stereocenters. The Morgan fingerprint density at radius 2 is 2.24 bits per heavy atom. The van der Waals surface area contributed by atoms with Crippen molar-refractivity contribution in [3.05, 3.63) is 23.9 Å². The van der Waals surface area contributed by atoms with Gasteiger partial charge in [-0.3, -0.25) is 0 Å². The minimum absolute atomic E-state index is 0.423. The van der Waals surface area contributed by atoms with Crippen LogP contribution in [0.25, 0.3) is 0 Å². The summed E-state index contributed by atoms with van der Waals surface area (Å²) in [5.74, 6) is 0.723. The molecule has 0 bridgehead atoms. The first-order valence-corrected chi connectivity index (χ1v) is 5.54. The maximum atomic E-state index is 8.68. The van der Waals surface area contributed by atoms with E-state index in [0.29, 0.717) is 25.5 Å². The van der Waals surface area contributed by atoms with Crippen molar-refractivity contribution in [2.45, 2.75) is 6.42 Å². The van der Waals surface area contributed by atoms with E-state index in [0.717, 1.165) is 18.8 Å². The van der Waals surface area contributed by atoms with Gasteiger partial charge in [-0.1, -0.05) is 6.07 Å². The Bertz CT molecular complexity index is 363. The highest BCUT2D eigenvalue weighted by molar-refractivity contribution is 5.38. The number of nitrogens with zero attached hydrogens (tertiary/aromatic N) is 2. The van der Waals surface area contributed by atoms with Gasteiger partial charge >= 0.3 is 0 Å². The van der Waals surface area contributed by atoms with Gasteiger partial charge in [-0.05, 0) is 18.6 Å². The van der Waals surface area contributed by atoms with Crippen molar-refractivity contribution in [3.8, 4) is 6.07 Å². The van der Waals surface area contributed by atoms with Crippen LogP contribution in [0.4, 0.5) is 5.82 Å². The molecule has 0 amide bonds. The summed E-state index contributed by atoms with van der Waals surface area (Å²) >= 11 is 0. The highest BCUT2D eigenvalue weighted by atomic mass is 16.5. The Balaban J connectivity index is 2.12. The number of pyridine rings is 1. The largest absolute Gasteiger partial charge is 0.382 e. The number of hydrogen-bond acceptors (Lipinski definition) is 5. The van der Waals surface area contributed by atoms with E-state index in [2.05, 4.69) is 10.3 Å². The fraction of sp³-hybridized carbons (Fsp3) is 0.500. The maximum absolute atomic E-state index is 8.68. The zero-order valence-corrected chi connectivity index (χ0v) is 9.98. The van der Waals surface area contributed by atoms with E-state index in [1.807, 2.05) is 18.2 Å². The summed E-state index contributed by atoms with van der Waals surface area (Å²) < 4.78 is 10.2. The fourth-order valence-corrected chi connectivity index (χ4v) is 1.23. The molecule has 1 rings (SSSR count). The molecule has 0 atom stereocenters. The average Bonchev–Trinajstić information content (AvgIpc) is 2.38. The van der Waals surface area contributed by atoms with E-state index in [1.54, 1.807) is 13.2 Å². The second-order valence-corrected chi connectivity index (χ2v) is 3.41. The van der Waals surface area contributed by atoms with E-state index in [4.69, 9.17) is 14.7 Å². The molecule has 0 aromatic carbocycles. The number of anilines is 1. The van der Waals surface area contributed by atoms with Crippen LogP contribution in [-0.2, 0) is 9.47 Å². The molecule has 92 valence electrons. The van der Waals surface area contributed by atoms with Gasteiger partial charge < -0.3 is 14.8 Å². The van der Waals surface area contributed by atoms with Gasteiger partial charge in [0.15, 0.2) is 0 Å². The first-order valence-electron chi connectivity index (χ1n) is 5.54. The van der Waals surface area contributed by atoms with Crippen LogP contribution in [0.3, 0.4) is 0 Å². The van der Waals surface area contributed by atoms with Gasteiger partial charge in [-0.15, -0.1) is 0 Å². The Labute approximate surface area is 101 Å². The molecule has 1 aromatic heterocycles. The first kappa shape index (κ1) is 13.4. The molecule has 1 N–H and O–H groups in total. The van der Waals surface area contributed by atoms with Gasteiger partial charge in [-0.25, -0.2) is 4.98 Å². The smallest absolute Gasteiger partial charge is 0.142 e. The van der Waals surface area contributed by atoms with Crippen molar-refractivity contribution >= 4 is 5.82 Å². The molecule has 1 heterocycles. The fourth-order valence-electron chi connectivity index (χ4n) is 1.23. The molecule has 0 aliphatic rings. The lowest BCUT2D eigenvalue weighted by molar-refractivity contribution is 0.0705. The Hall–Kier alpha value is -1.64. The average molecular weight is 235 g/mol. The predicted molar refractivity (Wildman–Crippen MR) is 64.8 cm³/mol. The molecule has 0 saturated heterocycles. The van der Waals surface area contributed by atoms with Gasteiger partial charge in [0.25, 0.3) is 0 Å². The number of rotatable bonds is 8. The van der Waals surface area contributed by atoms with E-state index in [-0.39, 0.29) is 0 Å². The van der Waals surface area contributed by atoms with Crippen LogP contribution in [0.15, 0.2) is 18.2 Å². The summed E-state index contributed by atoms with van der Waals surface area (Å²) in [6.07, 6.45) is 0.891. The standard InChI is InChI=1S/C12H17N3O2/c1-16-8-9-17-7-3-6-14-12-5-2-4-11(10-13)15-12/h2,4-5H,3,6-9H2,1H3,(H,14,15). The quantitative estimate of drug-likeness (QED) is 0.690. The maximum Gasteiger partial charge on any atom is 0.142 e. The first-order chi connectivity index (χ1) is 8.36. The Morgan fingerprint density at radius 1 is 1.35 bits per heavy atom. The lowest BCUT2D eigenvalue weighted by Gasteiger charge is -2.06. The molecule has 5 heteroatoms. The van der Waals surface area contributed by atoms with Gasteiger partial charge in [0.05, 0.1) is 13.2 Å². The third kappa shape index (κ3) is 5.85. The number of ether oxygens (including phenoxy) is 2. The van der Waals surface area contributed by atoms with Crippen LogP contribution in [-0.4, -0.2) is 38.5 Å². The van der Waals surface area contributed by atoms with Crippen LogP contribution in [0.1, 0.15) is 12.1 Å². The number of nitriles is 1. The SMILES string of the molecule is COCCOCCCNc1cccc(C#N)n1. The Kier molecular flexibility index (Phi) is 6.72. The molecule has 0 fully saturated rings. The van der Waals surface area contributed by atoms with Gasteiger partial charge in [-0.2, -0.15) is 5.26 Å². The normalized spacial score (nSPS) is 9.88. The zero-order valence-electron chi connectivity index (χ0n) is 9.98. The summed E-state index contributed by atoms with van der Waals surface area (Å²) in [6, 6.07) is 7.33. The third-order valence-electron chi connectivity index (χ3n) is 2.07. The zero-order chi connectivity index (χ0) is 12.3. The van der Waals surface area contributed by atoms with E-state index in [1.165, 1.54) is 0 Å². The molecule has 5 nitrogen and oxygen atoms in total. The molecule has 17 heavy (non-hydrogen) atoms. The minimum atomic E-state index is 0.423. The van der Waals surface area contributed by atoms with Crippen molar-refractivity contribution in [1.82, 2.24) is 4.98 Å². The van der Waals surface area contributed by atoms with Crippen LogP contribution in [0.5, 0.6) is 0 Å². The summed E-state index contributed by atoms with van der Waals surface area (Å²) in [6.45, 7) is 2.71. The Morgan fingerprint density at radius 3 is 3.00 bits per heavy atom. The van der Waals surface area contributed by atoms with E-state index in [9.17, 15) is 0 Å². The summed E-state index contributed by atoms with van der Waals surface area (Å²) in [7, 11) is 1.65. The number of methoxy groups -OCH3 is 1. The number of hydrogen-bond donors (Lipinski definition) is 1. The molecule has 1 aromatic rings. The van der Waals surface area contributed by atoms with Gasteiger partial charge in [0.2, 0.25) is 0 Å². The van der Waals surface area contributed by atoms with Crippen LogP contribution in [0, 0.1) is 11.3 Å². The lowest BCUT2D eigenvalue weighted by Crippen LogP contribution is -2.09. The predicted octanol–water partition coefficient (Wildman–Crippen LogP) is 1.42. The van der Waals surface area contributed by atoms with Crippen molar-refractivity contribution in [2.24, 2.45) is 0 Å². The molecular weight excluding hydrogens is 218 g/mol. The van der Waals surface area contributed by atoms with Crippen LogP contribution in [0.2, 0.25) is 0 Å². The van der Waals surface area contributed by atoms with Crippen molar-refractivity contribution in [1.29, 1.82) is 5.26 Å². The summed E-state index contributed by atoms with van der Waals surface area (Å²) in [5, 5.41) is 11.8. The van der Waals surface area contributed by atoms with Crippen molar-refractivity contribution in [3.63, 3.8) is 0 Å². The van der Waals surface area contributed by atoms with E-state index >= 15 is 0 Å². The second-order valence-electron chi connectivity index (χ2n) is 3.41. The number of nitrogens with one attached hydrogen (secondary N) is 1. The highest BCUT2D eigenvalue weighted by Gasteiger charge is 1.95. The highest BCUT2D eigenvalue weighted by Crippen LogP contribution is 2.03. The molecule has 0 aliphatic carbocycles. The van der Waals surface area contributed by atoms with Crippen LogP contribution >= 0.6 is 0 Å². The molecule has 0 saturated carbocycles. The molecule has 0 aliphatic heterocycles. The van der Waals surface area contributed by atoms with Gasteiger partial charge in [0, 0.05) is 20.3 Å². The van der Waals surface area contributed by atoms with E-state index < -0.39 is 0 Å². The monoisotopic (exact) mass is 235 g/mol. The van der Waals surface area contributed by atoms with Crippen molar-refractivity contribution in [2.75, 3.05) is 38.8 Å². The second kappa shape index (κ2) is 8.50.